The lowest BCUT2D eigenvalue weighted by Gasteiger charge is -2.42. The van der Waals surface area contributed by atoms with Crippen molar-refractivity contribution in [1.82, 2.24) is 4.90 Å². The minimum Gasteiger partial charge on any atom is -0.387 e. The second kappa shape index (κ2) is 6.39. The number of aliphatic hydroxyl groups excluding tert-OH is 1. The van der Waals surface area contributed by atoms with Gasteiger partial charge in [-0.05, 0) is 42.9 Å². The second-order valence-electron chi connectivity index (χ2n) is 6.26. The minimum absolute atomic E-state index is 0.484. The Kier molecular flexibility index (Phi) is 4.80. The largest absolute Gasteiger partial charge is 0.387 e. The predicted octanol–water partition coefficient (Wildman–Crippen LogP) is 2.96. The molecule has 3 nitrogen and oxygen atoms in total. The van der Waals surface area contributed by atoms with Gasteiger partial charge in [0.2, 0.25) is 0 Å². The van der Waals surface area contributed by atoms with Gasteiger partial charge in [0.15, 0.2) is 0 Å². The summed E-state index contributed by atoms with van der Waals surface area (Å²) in [5.41, 5.74) is 1.52. The molecule has 0 saturated carbocycles. The summed E-state index contributed by atoms with van der Waals surface area (Å²) in [6.45, 7) is 8.55. The fourth-order valence-electron chi connectivity index (χ4n) is 3.18. The van der Waals surface area contributed by atoms with Crippen molar-refractivity contribution in [3.05, 3.63) is 35.4 Å². The highest BCUT2D eigenvalue weighted by atomic mass is 16.3. The molecule has 1 heterocycles. The zero-order chi connectivity index (χ0) is 14.7. The van der Waals surface area contributed by atoms with Crippen LogP contribution in [-0.4, -0.2) is 29.1 Å². The normalized spacial score (nSPS) is 28.9. The Hall–Kier alpha value is -1.37. The number of nitrogens with zero attached hydrogens (tertiary/aromatic N) is 2. The summed E-state index contributed by atoms with van der Waals surface area (Å²) in [5, 5.41) is 19.2. The van der Waals surface area contributed by atoms with Crippen molar-refractivity contribution < 1.29 is 5.11 Å². The van der Waals surface area contributed by atoms with Crippen molar-refractivity contribution >= 4 is 0 Å². The lowest BCUT2D eigenvalue weighted by atomic mass is 9.85. The van der Waals surface area contributed by atoms with E-state index in [1.54, 1.807) is 12.1 Å². The van der Waals surface area contributed by atoms with Crippen molar-refractivity contribution in [2.75, 3.05) is 13.1 Å². The topological polar surface area (TPSA) is 47.3 Å². The van der Waals surface area contributed by atoms with E-state index in [-0.39, 0.29) is 0 Å². The molecule has 4 unspecified atom stereocenters. The monoisotopic (exact) mass is 272 g/mol. The van der Waals surface area contributed by atoms with Gasteiger partial charge in [-0.1, -0.05) is 26.0 Å². The molecular weight excluding hydrogens is 248 g/mol. The number of hydrogen-bond donors (Lipinski definition) is 1. The first-order valence-corrected chi connectivity index (χ1v) is 7.43. The fourth-order valence-corrected chi connectivity index (χ4v) is 3.18. The van der Waals surface area contributed by atoms with Crippen LogP contribution in [0.2, 0.25) is 0 Å². The summed E-state index contributed by atoms with van der Waals surface area (Å²) in [6, 6.07) is 9.85. The summed E-state index contributed by atoms with van der Waals surface area (Å²) in [7, 11) is 0. The first kappa shape index (κ1) is 15.0. The Morgan fingerprint density at radius 2 is 1.95 bits per heavy atom. The van der Waals surface area contributed by atoms with E-state index in [1.165, 1.54) is 6.42 Å². The first-order chi connectivity index (χ1) is 9.51. The molecule has 0 spiro atoms. The molecule has 108 valence electrons. The summed E-state index contributed by atoms with van der Waals surface area (Å²) in [4.78, 5) is 2.39. The van der Waals surface area contributed by atoms with E-state index in [9.17, 15) is 5.11 Å². The van der Waals surface area contributed by atoms with Gasteiger partial charge in [-0.3, -0.25) is 4.90 Å². The molecular formula is C17H24N2O. The Balaban J connectivity index is 2.02. The average Bonchev–Trinajstić information content (AvgIpc) is 2.44. The average molecular weight is 272 g/mol. The minimum atomic E-state index is -0.484. The number of benzene rings is 1. The summed E-state index contributed by atoms with van der Waals surface area (Å²) < 4.78 is 0. The van der Waals surface area contributed by atoms with Gasteiger partial charge in [-0.25, -0.2) is 0 Å². The van der Waals surface area contributed by atoms with Crippen LogP contribution in [0, 0.1) is 23.2 Å². The van der Waals surface area contributed by atoms with Gasteiger partial charge in [0, 0.05) is 19.1 Å². The zero-order valence-electron chi connectivity index (χ0n) is 12.6. The Labute approximate surface area is 121 Å². The molecule has 1 aliphatic heterocycles. The van der Waals surface area contributed by atoms with Gasteiger partial charge in [0.25, 0.3) is 0 Å². The van der Waals surface area contributed by atoms with E-state index in [0.29, 0.717) is 30.0 Å². The molecule has 1 N–H and O–H groups in total. The molecule has 2 rings (SSSR count). The lowest BCUT2D eigenvalue weighted by molar-refractivity contribution is 0.0316. The Morgan fingerprint density at radius 1 is 1.30 bits per heavy atom. The molecule has 3 heteroatoms. The molecule has 0 radical (unpaired) electrons. The molecule has 1 aromatic rings. The molecule has 0 bridgehead atoms. The van der Waals surface area contributed by atoms with Crippen LogP contribution in [-0.2, 0) is 0 Å². The number of likely N-dealkylation sites (tertiary alicyclic amines) is 1. The van der Waals surface area contributed by atoms with E-state index >= 15 is 0 Å². The van der Waals surface area contributed by atoms with E-state index in [4.69, 9.17) is 5.26 Å². The van der Waals surface area contributed by atoms with Crippen LogP contribution in [0.25, 0.3) is 0 Å². The third kappa shape index (κ3) is 3.39. The van der Waals surface area contributed by atoms with Crippen molar-refractivity contribution in [3.63, 3.8) is 0 Å². The molecule has 1 fully saturated rings. The van der Waals surface area contributed by atoms with Gasteiger partial charge in [0.05, 0.1) is 17.7 Å². The van der Waals surface area contributed by atoms with E-state index in [2.05, 4.69) is 31.7 Å². The molecule has 1 aliphatic rings. The predicted molar refractivity (Wildman–Crippen MR) is 80.1 cm³/mol. The third-order valence-corrected chi connectivity index (χ3v) is 4.55. The fraction of sp³-hybridized carbons (Fsp3) is 0.588. The van der Waals surface area contributed by atoms with Crippen LogP contribution < -0.4 is 0 Å². The maximum absolute atomic E-state index is 10.4. The summed E-state index contributed by atoms with van der Waals surface area (Å²) in [6.07, 6.45) is 0.785. The summed E-state index contributed by atoms with van der Waals surface area (Å²) in [5.74, 6) is 1.36. The summed E-state index contributed by atoms with van der Waals surface area (Å²) >= 11 is 0. The second-order valence-corrected chi connectivity index (χ2v) is 6.26. The van der Waals surface area contributed by atoms with Crippen LogP contribution >= 0.6 is 0 Å². The van der Waals surface area contributed by atoms with Crippen molar-refractivity contribution in [1.29, 1.82) is 5.26 Å². The smallest absolute Gasteiger partial charge is 0.0991 e. The SMILES string of the molecule is CC1CC(C)C(C)N(CC(O)c2ccc(C#N)cc2)C1. The number of rotatable bonds is 3. The van der Waals surface area contributed by atoms with Gasteiger partial charge in [-0.2, -0.15) is 5.26 Å². The number of β-amino-alcohol motifs (C(OH)–C–C–N with tert-alkyl or cyclic N) is 1. The highest BCUT2D eigenvalue weighted by molar-refractivity contribution is 5.32. The molecule has 1 saturated heterocycles. The van der Waals surface area contributed by atoms with Crippen LogP contribution in [0.5, 0.6) is 0 Å². The van der Waals surface area contributed by atoms with Crippen LogP contribution in [0.15, 0.2) is 24.3 Å². The highest BCUT2D eigenvalue weighted by Gasteiger charge is 2.29. The number of piperidine rings is 1. The van der Waals surface area contributed by atoms with E-state index in [0.717, 1.165) is 12.1 Å². The number of nitriles is 1. The maximum Gasteiger partial charge on any atom is 0.0991 e. The van der Waals surface area contributed by atoms with E-state index < -0.39 is 6.10 Å². The quantitative estimate of drug-likeness (QED) is 0.920. The molecule has 20 heavy (non-hydrogen) atoms. The Morgan fingerprint density at radius 3 is 2.55 bits per heavy atom. The molecule has 0 amide bonds. The van der Waals surface area contributed by atoms with Gasteiger partial charge in [0.1, 0.15) is 0 Å². The Bertz CT molecular complexity index is 477. The van der Waals surface area contributed by atoms with Crippen LogP contribution in [0.1, 0.15) is 44.4 Å². The zero-order valence-corrected chi connectivity index (χ0v) is 12.6. The van der Waals surface area contributed by atoms with Gasteiger partial charge >= 0.3 is 0 Å². The number of hydrogen-bond acceptors (Lipinski definition) is 3. The van der Waals surface area contributed by atoms with Gasteiger partial charge < -0.3 is 5.11 Å². The molecule has 0 aliphatic carbocycles. The van der Waals surface area contributed by atoms with Gasteiger partial charge in [-0.15, -0.1) is 0 Å². The number of aliphatic hydroxyl groups is 1. The molecule has 4 atom stereocenters. The lowest BCUT2D eigenvalue weighted by Crippen LogP contribution is -2.47. The maximum atomic E-state index is 10.4. The van der Waals surface area contributed by atoms with E-state index in [1.807, 2.05) is 12.1 Å². The van der Waals surface area contributed by atoms with Crippen LogP contribution in [0.3, 0.4) is 0 Å². The van der Waals surface area contributed by atoms with Crippen LogP contribution in [0.4, 0.5) is 0 Å². The van der Waals surface area contributed by atoms with Crippen molar-refractivity contribution in [3.8, 4) is 6.07 Å². The standard InChI is InChI=1S/C17H24N2O/c1-12-8-13(2)14(3)19(10-12)11-17(20)16-6-4-15(9-18)5-7-16/h4-7,12-14,17,20H,8,10-11H2,1-3H3. The van der Waals surface area contributed by atoms with Crippen molar-refractivity contribution in [2.24, 2.45) is 11.8 Å². The van der Waals surface area contributed by atoms with Crippen molar-refractivity contribution in [2.45, 2.75) is 39.3 Å². The molecule has 0 aromatic heterocycles. The first-order valence-electron chi connectivity index (χ1n) is 7.43. The third-order valence-electron chi connectivity index (χ3n) is 4.55. The highest BCUT2D eigenvalue weighted by Crippen LogP contribution is 2.28. The molecule has 1 aromatic carbocycles.